The summed E-state index contributed by atoms with van der Waals surface area (Å²) in [6.07, 6.45) is 4.15. The van der Waals surface area contributed by atoms with Gasteiger partial charge in [0.15, 0.2) is 5.96 Å². The minimum Gasteiger partial charge on any atom is -0.363 e. The average molecular weight is 442 g/mol. The molecule has 0 aliphatic carbocycles. The third-order valence-corrected chi connectivity index (χ3v) is 7.00. The van der Waals surface area contributed by atoms with Gasteiger partial charge in [-0.15, -0.1) is 11.3 Å². The zero-order chi connectivity index (χ0) is 21.5. The Balaban J connectivity index is 1.36. The molecule has 2 aliphatic rings. The number of thiophene rings is 1. The van der Waals surface area contributed by atoms with Crippen molar-refractivity contribution in [1.29, 1.82) is 0 Å². The molecular formula is C23H35N7S. The van der Waals surface area contributed by atoms with Gasteiger partial charge in [-0.25, -0.2) is 9.98 Å². The second-order valence-corrected chi connectivity index (χ2v) is 9.25. The summed E-state index contributed by atoms with van der Waals surface area (Å²) in [5, 5.41) is 10.6. The number of pyridine rings is 1. The lowest BCUT2D eigenvalue weighted by Gasteiger charge is -2.34. The van der Waals surface area contributed by atoms with Gasteiger partial charge >= 0.3 is 0 Å². The van der Waals surface area contributed by atoms with Crippen molar-refractivity contribution < 1.29 is 0 Å². The van der Waals surface area contributed by atoms with Crippen LogP contribution in [-0.4, -0.2) is 74.7 Å². The van der Waals surface area contributed by atoms with Crippen molar-refractivity contribution in [3.8, 4) is 0 Å². The number of likely N-dealkylation sites (N-methyl/N-ethyl adjacent to an activating group) is 1. The summed E-state index contributed by atoms with van der Waals surface area (Å²) >= 11 is 1.83. The van der Waals surface area contributed by atoms with Gasteiger partial charge < -0.3 is 25.3 Å². The van der Waals surface area contributed by atoms with E-state index in [-0.39, 0.29) is 0 Å². The van der Waals surface area contributed by atoms with E-state index in [0.717, 1.165) is 70.4 Å². The van der Waals surface area contributed by atoms with Crippen molar-refractivity contribution in [3.05, 3.63) is 41.4 Å². The normalized spacial score (nSPS) is 19.0. The van der Waals surface area contributed by atoms with Gasteiger partial charge in [0.05, 0.1) is 11.5 Å². The van der Waals surface area contributed by atoms with Crippen molar-refractivity contribution in [2.75, 3.05) is 62.7 Å². The minimum absolute atomic E-state index is 0.458. The number of rotatable bonds is 6. The lowest BCUT2D eigenvalue weighted by atomic mass is 10.1. The molecule has 2 aromatic heterocycles. The van der Waals surface area contributed by atoms with E-state index in [2.05, 4.69) is 62.9 Å². The Morgan fingerprint density at radius 3 is 2.61 bits per heavy atom. The number of piperidine rings is 1. The highest BCUT2D eigenvalue weighted by Crippen LogP contribution is 2.25. The van der Waals surface area contributed by atoms with Crippen LogP contribution in [-0.2, 0) is 6.54 Å². The van der Waals surface area contributed by atoms with Crippen LogP contribution in [0.2, 0.25) is 0 Å². The van der Waals surface area contributed by atoms with Gasteiger partial charge in [0, 0.05) is 63.6 Å². The van der Waals surface area contributed by atoms with Crippen LogP contribution in [0.15, 0.2) is 40.8 Å². The number of aromatic nitrogens is 1. The molecule has 0 unspecified atom stereocenters. The third kappa shape index (κ3) is 5.89. The predicted octanol–water partition coefficient (Wildman–Crippen LogP) is 2.62. The molecule has 7 nitrogen and oxygen atoms in total. The van der Waals surface area contributed by atoms with Gasteiger partial charge in [0.2, 0.25) is 0 Å². The van der Waals surface area contributed by atoms with Crippen LogP contribution in [0.3, 0.4) is 0 Å². The molecule has 31 heavy (non-hydrogen) atoms. The topological polar surface area (TPSA) is 59.0 Å². The SMILES string of the molecule is CCNC(=NCc1cccnc1N1CCN(C)CC1)NC1CCN(c2cccs2)CC1. The van der Waals surface area contributed by atoms with Crippen LogP contribution in [0.4, 0.5) is 10.8 Å². The molecule has 0 spiro atoms. The third-order valence-electron chi connectivity index (χ3n) is 6.08. The Kier molecular flexibility index (Phi) is 7.64. The second kappa shape index (κ2) is 10.8. The predicted molar refractivity (Wildman–Crippen MR) is 131 cm³/mol. The van der Waals surface area contributed by atoms with Crippen LogP contribution < -0.4 is 20.4 Å². The molecular weight excluding hydrogens is 406 g/mol. The fourth-order valence-corrected chi connectivity index (χ4v) is 5.01. The summed E-state index contributed by atoms with van der Waals surface area (Å²) in [7, 11) is 2.18. The molecule has 0 amide bonds. The number of nitrogens with one attached hydrogen (secondary N) is 2. The summed E-state index contributed by atoms with van der Waals surface area (Å²) in [6, 6.07) is 8.99. The minimum atomic E-state index is 0.458. The molecule has 2 fully saturated rings. The molecule has 4 rings (SSSR count). The van der Waals surface area contributed by atoms with Crippen LogP contribution >= 0.6 is 11.3 Å². The zero-order valence-electron chi connectivity index (χ0n) is 18.8. The summed E-state index contributed by atoms with van der Waals surface area (Å²) in [4.78, 5) is 16.9. The highest BCUT2D eigenvalue weighted by atomic mass is 32.1. The number of piperazine rings is 1. The molecule has 2 saturated heterocycles. The van der Waals surface area contributed by atoms with Crippen molar-refractivity contribution in [1.82, 2.24) is 20.5 Å². The maximum absolute atomic E-state index is 4.92. The molecule has 8 heteroatoms. The molecule has 2 aromatic rings. The lowest BCUT2D eigenvalue weighted by Crippen LogP contribution is -2.48. The molecule has 168 valence electrons. The molecule has 2 N–H and O–H groups in total. The van der Waals surface area contributed by atoms with Gasteiger partial charge in [0.1, 0.15) is 5.82 Å². The number of nitrogens with zero attached hydrogens (tertiary/aromatic N) is 5. The standard InChI is InChI=1S/C23H35N7S/c1-3-24-23(27-20-8-11-29(12-9-20)21-7-5-17-31-21)26-18-19-6-4-10-25-22(19)30-15-13-28(2)14-16-30/h4-7,10,17,20H,3,8-9,11-16,18H2,1-2H3,(H2,24,26,27). The first-order chi connectivity index (χ1) is 15.2. The maximum atomic E-state index is 4.92. The molecule has 0 atom stereocenters. The molecule has 4 heterocycles. The quantitative estimate of drug-likeness (QED) is 0.531. The highest BCUT2D eigenvalue weighted by Gasteiger charge is 2.21. The summed E-state index contributed by atoms with van der Waals surface area (Å²) in [6.45, 7) is 9.99. The molecule has 0 bridgehead atoms. The first-order valence-electron chi connectivity index (χ1n) is 11.4. The van der Waals surface area contributed by atoms with E-state index in [1.807, 2.05) is 23.6 Å². The summed E-state index contributed by atoms with van der Waals surface area (Å²) < 4.78 is 0. The molecule has 2 aliphatic heterocycles. The van der Waals surface area contributed by atoms with Gasteiger partial charge in [-0.3, -0.25) is 0 Å². The van der Waals surface area contributed by atoms with E-state index >= 15 is 0 Å². The number of guanidine groups is 1. The van der Waals surface area contributed by atoms with Gasteiger partial charge in [-0.05, 0) is 50.4 Å². The maximum Gasteiger partial charge on any atom is 0.191 e. The fourth-order valence-electron chi connectivity index (χ4n) is 4.23. The Morgan fingerprint density at radius 2 is 1.90 bits per heavy atom. The number of hydrogen-bond donors (Lipinski definition) is 2. The van der Waals surface area contributed by atoms with E-state index in [4.69, 9.17) is 9.98 Å². The average Bonchev–Trinajstić information content (AvgIpc) is 3.34. The Morgan fingerprint density at radius 1 is 1.10 bits per heavy atom. The lowest BCUT2D eigenvalue weighted by molar-refractivity contribution is 0.312. The van der Waals surface area contributed by atoms with E-state index < -0.39 is 0 Å². The van der Waals surface area contributed by atoms with Gasteiger partial charge in [-0.2, -0.15) is 0 Å². The Labute approximate surface area is 190 Å². The van der Waals surface area contributed by atoms with Crippen LogP contribution in [0.5, 0.6) is 0 Å². The van der Waals surface area contributed by atoms with Gasteiger partial charge in [-0.1, -0.05) is 6.07 Å². The van der Waals surface area contributed by atoms with Crippen LogP contribution in [0.1, 0.15) is 25.3 Å². The number of aliphatic imine (C=N–C) groups is 1. The van der Waals surface area contributed by atoms with E-state index in [1.165, 1.54) is 10.6 Å². The zero-order valence-corrected chi connectivity index (χ0v) is 19.6. The number of hydrogen-bond acceptors (Lipinski definition) is 6. The van der Waals surface area contributed by atoms with Crippen molar-refractivity contribution in [2.45, 2.75) is 32.4 Å². The first kappa shape index (κ1) is 21.9. The highest BCUT2D eigenvalue weighted by molar-refractivity contribution is 7.14. The van der Waals surface area contributed by atoms with Gasteiger partial charge in [0.25, 0.3) is 0 Å². The van der Waals surface area contributed by atoms with Crippen molar-refractivity contribution >= 4 is 28.1 Å². The van der Waals surface area contributed by atoms with E-state index in [9.17, 15) is 0 Å². The number of anilines is 2. The molecule has 0 radical (unpaired) electrons. The van der Waals surface area contributed by atoms with E-state index in [1.54, 1.807) is 0 Å². The smallest absolute Gasteiger partial charge is 0.191 e. The van der Waals surface area contributed by atoms with Crippen molar-refractivity contribution in [3.63, 3.8) is 0 Å². The fraction of sp³-hybridized carbons (Fsp3) is 0.565. The monoisotopic (exact) mass is 441 g/mol. The van der Waals surface area contributed by atoms with Crippen LogP contribution in [0, 0.1) is 0 Å². The Hall–Kier alpha value is -2.32. The largest absolute Gasteiger partial charge is 0.363 e. The summed E-state index contributed by atoms with van der Waals surface area (Å²) in [5.41, 5.74) is 1.19. The second-order valence-electron chi connectivity index (χ2n) is 8.33. The van der Waals surface area contributed by atoms with Crippen molar-refractivity contribution in [2.24, 2.45) is 4.99 Å². The first-order valence-corrected chi connectivity index (χ1v) is 12.3. The Bertz CT molecular complexity index is 822. The van der Waals surface area contributed by atoms with Crippen LogP contribution in [0.25, 0.3) is 0 Å². The summed E-state index contributed by atoms with van der Waals surface area (Å²) in [5.74, 6) is 1.99. The molecule has 0 aromatic carbocycles. The van der Waals surface area contributed by atoms with E-state index in [0.29, 0.717) is 12.6 Å². The molecule has 0 saturated carbocycles.